The molecule has 0 unspecified atom stereocenters. The van der Waals surface area contributed by atoms with Gasteiger partial charge in [0, 0.05) is 6.07 Å². The van der Waals surface area contributed by atoms with E-state index in [1.54, 1.807) is 43.3 Å². The number of hydrogen-bond acceptors (Lipinski definition) is 4. The van der Waals surface area contributed by atoms with E-state index in [0.717, 1.165) is 0 Å². The molecule has 0 aliphatic rings. The number of hydrogen-bond donors (Lipinski definition) is 2. The lowest BCUT2D eigenvalue weighted by atomic mass is 10.2. The summed E-state index contributed by atoms with van der Waals surface area (Å²) in [5.74, 6) is -0.268. The van der Waals surface area contributed by atoms with Crippen LogP contribution in [0.1, 0.15) is 16.3 Å². The standard InChI is InChI=1S/C18H13Cl2FN4O/c1-10-22-15(18(26)25-14-8-4-5-11(19)17(14)20)9-16(23-10)24-13-7-3-2-6-12(13)21/h2-9H,1H3,(H,25,26)(H,22,23,24). The molecular formula is C18H13Cl2FN4O. The SMILES string of the molecule is Cc1nc(Nc2ccccc2F)cc(C(=O)Nc2cccc(Cl)c2Cl)n1. The lowest BCUT2D eigenvalue weighted by Gasteiger charge is -2.11. The van der Waals surface area contributed by atoms with Crippen molar-refractivity contribution in [2.45, 2.75) is 6.92 Å². The molecule has 3 aromatic rings. The predicted molar refractivity (Wildman–Crippen MR) is 101 cm³/mol. The lowest BCUT2D eigenvalue weighted by molar-refractivity contribution is 0.102. The first-order valence-electron chi connectivity index (χ1n) is 7.56. The van der Waals surface area contributed by atoms with Crippen molar-refractivity contribution in [2.24, 2.45) is 0 Å². The molecule has 2 aromatic carbocycles. The van der Waals surface area contributed by atoms with E-state index in [0.29, 0.717) is 22.4 Å². The summed E-state index contributed by atoms with van der Waals surface area (Å²) in [7, 11) is 0. The lowest BCUT2D eigenvalue weighted by Crippen LogP contribution is -2.15. The summed E-state index contributed by atoms with van der Waals surface area (Å²) in [6.07, 6.45) is 0. The number of para-hydroxylation sites is 1. The fourth-order valence-corrected chi connectivity index (χ4v) is 2.58. The number of nitrogens with one attached hydrogen (secondary N) is 2. The Kier molecular flexibility index (Phi) is 5.35. The highest BCUT2D eigenvalue weighted by Gasteiger charge is 2.14. The fraction of sp³-hybridized carbons (Fsp3) is 0.0556. The third kappa shape index (κ3) is 4.09. The van der Waals surface area contributed by atoms with E-state index in [4.69, 9.17) is 23.2 Å². The molecule has 0 atom stereocenters. The summed E-state index contributed by atoms with van der Waals surface area (Å²) < 4.78 is 13.8. The van der Waals surface area contributed by atoms with Gasteiger partial charge in [-0.2, -0.15) is 0 Å². The van der Waals surface area contributed by atoms with Gasteiger partial charge in [-0.25, -0.2) is 14.4 Å². The molecule has 5 nitrogen and oxygen atoms in total. The van der Waals surface area contributed by atoms with Gasteiger partial charge < -0.3 is 10.6 Å². The highest BCUT2D eigenvalue weighted by atomic mass is 35.5. The van der Waals surface area contributed by atoms with Gasteiger partial charge in [0.2, 0.25) is 0 Å². The van der Waals surface area contributed by atoms with E-state index in [9.17, 15) is 9.18 Å². The Morgan fingerprint density at radius 3 is 2.54 bits per heavy atom. The Bertz CT molecular complexity index is 981. The molecule has 26 heavy (non-hydrogen) atoms. The minimum absolute atomic E-state index is 0.104. The van der Waals surface area contributed by atoms with E-state index in [-0.39, 0.29) is 16.4 Å². The maximum Gasteiger partial charge on any atom is 0.274 e. The van der Waals surface area contributed by atoms with Crippen LogP contribution in [0, 0.1) is 12.7 Å². The van der Waals surface area contributed by atoms with Gasteiger partial charge in [0.05, 0.1) is 21.4 Å². The monoisotopic (exact) mass is 390 g/mol. The number of amides is 1. The van der Waals surface area contributed by atoms with Crippen molar-refractivity contribution >= 4 is 46.3 Å². The molecule has 1 amide bonds. The number of carbonyl (C=O) groups is 1. The number of aromatic nitrogens is 2. The summed E-state index contributed by atoms with van der Waals surface area (Å²) in [4.78, 5) is 20.8. The summed E-state index contributed by atoms with van der Waals surface area (Å²) in [6, 6.07) is 12.5. The number of rotatable bonds is 4. The van der Waals surface area contributed by atoms with Gasteiger partial charge in [0.25, 0.3) is 5.91 Å². The Labute approximate surface area is 159 Å². The van der Waals surface area contributed by atoms with Crippen LogP contribution in [0.25, 0.3) is 0 Å². The molecule has 0 bridgehead atoms. The summed E-state index contributed by atoms with van der Waals surface area (Å²) in [5, 5.41) is 6.05. The maximum absolute atomic E-state index is 13.8. The third-order valence-corrected chi connectivity index (χ3v) is 4.23. The van der Waals surface area contributed by atoms with Gasteiger partial charge in [-0.15, -0.1) is 0 Å². The first-order chi connectivity index (χ1) is 12.4. The second-order valence-electron chi connectivity index (χ2n) is 5.35. The van der Waals surface area contributed by atoms with E-state index >= 15 is 0 Å². The van der Waals surface area contributed by atoms with Gasteiger partial charge in [-0.05, 0) is 31.2 Å². The van der Waals surface area contributed by atoms with Crippen molar-refractivity contribution in [3.63, 3.8) is 0 Å². The molecule has 0 fully saturated rings. The first-order valence-corrected chi connectivity index (χ1v) is 8.32. The minimum Gasteiger partial charge on any atom is -0.338 e. The Balaban J connectivity index is 1.86. The largest absolute Gasteiger partial charge is 0.338 e. The summed E-state index contributed by atoms with van der Waals surface area (Å²) in [6.45, 7) is 1.63. The van der Waals surface area contributed by atoms with Crippen molar-refractivity contribution in [3.05, 3.63) is 75.9 Å². The number of nitrogens with zero attached hydrogens (tertiary/aromatic N) is 2. The van der Waals surface area contributed by atoms with Crippen molar-refractivity contribution < 1.29 is 9.18 Å². The summed E-state index contributed by atoms with van der Waals surface area (Å²) >= 11 is 12.0. The van der Waals surface area contributed by atoms with Crippen molar-refractivity contribution in [1.29, 1.82) is 0 Å². The molecule has 0 saturated heterocycles. The van der Waals surface area contributed by atoms with Gasteiger partial charge >= 0.3 is 0 Å². The van der Waals surface area contributed by atoms with E-state index < -0.39 is 11.7 Å². The predicted octanol–water partition coefficient (Wildman–Crippen LogP) is 5.23. The van der Waals surface area contributed by atoms with Gasteiger partial charge in [-0.1, -0.05) is 41.4 Å². The van der Waals surface area contributed by atoms with Gasteiger partial charge in [-0.3, -0.25) is 4.79 Å². The Morgan fingerprint density at radius 2 is 1.77 bits per heavy atom. The molecule has 0 aliphatic carbocycles. The molecule has 0 spiro atoms. The normalized spacial score (nSPS) is 10.5. The van der Waals surface area contributed by atoms with Crippen LogP contribution < -0.4 is 10.6 Å². The van der Waals surface area contributed by atoms with Crippen LogP contribution >= 0.6 is 23.2 Å². The molecule has 1 heterocycles. The van der Waals surface area contributed by atoms with Crippen LogP contribution in [-0.2, 0) is 0 Å². The van der Waals surface area contributed by atoms with Gasteiger partial charge in [0.15, 0.2) is 0 Å². The Hall–Kier alpha value is -2.70. The first kappa shape index (κ1) is 18.1. The van der Waals surface area contributed by atoms with Crippen LogP contribution in [0.2, 0.25) is 10.0 Å². The highest BCUT2D eigenvalue weighted by molar-refractivity contribution is 6.44. The second kappa shape index (κ2) is 7.68. The average Bonchev–Trinajstić information content (AvgIpc) is 2.60. The molecule has 0 aliphatic heterocycles. The Morgan fingerprint density at radius 1 is 1.04 bits per heavy atom. The van der Waals surface area contributed by atoms with Crippen LogP contribution in [0.3, 0.4) is 0 Å². The zero-order chi connectivity index (χ0) is 18.7. The third-order valence-electron chi connectivity index (χ3n) is 3.41. The minimum atomic E-state index is -0.490. The molecule has 3 rings (SSSR count). The maximum atomic E-state index is 13.8. The van der Waals surface area contributed by atoms with Crippen molar-refractivity contribution in [2.75, 3.05) is 10.6 Å². The van der Waals surface area contributed by atoms with Crippen LogP contribution in [-0.4, -0.2) is 15.9 Å². The molecular weight excluding hydrogens is 378 g/mol. The van der Waals surface area contributed by atoms with Crippen molar-refractivity contribution in [1.82, 2.24) is 9.97 Å². The number of carbonyl (C=O) groups excluding carboxylic acids is 1. The van der Waals surface area contributed by atoms with E-state index in [2.05, 4.69) is 20.6 Å². The number of aryl methyl sites for hydroxylation is 1. The molecule has 0 radical (unpaired) electrons. The number of anilines is 3. The smallest absolute Gasteiger partial charge is 0.274 e. The quantitative estimate of drug-likeness (QED) is 0.640. The second-order valence-corrected chi connectivity index (χ2v) is 6.13. The van der Waals surface area contributed by atoms with Crippen LogP contribution in [0.15, 0.2) is 48.5 Å². The molecule has 1 aromatic heterocycles. The highest BCUT2D eigenvalue weighted by Crippen LogP contribution is 2.30. The molecule has 8 heteroatoms. The fourth-order valence-electron chi connectivity index (χ4n) is 2.24. The van der Waals surface area contributed by atoms with Crippen LogP contribution in [0.5, 0.6) is 0 Å². The number of halogens is 3. The molecule has 2 N–H and O–H groups in total. The topological polar surface area (TPSA) is 66.9 Å². The molecule has 132 valence electrons. The van der Waals surface area contributed by atoms with Crippen molar-refractivity contribution in [3.8, 4) is 0 Å². The zero-order valence-electron chi connectivity index (χ0n) is 13.6. The van der Waals surface area contributed by atoms with Crippen LogP contribution in [0.4, 0.5) is 21.6 Å². The van der Waals surface area contributed by atoms with Gasteiger partial charge in [0.1, 0.15) is 23.2 Å². The number of benzene rings is 2. The zero-order valence-corrected chi connectivity index (χ0v) is 15.1. The van der Waals surface area contributed by atoms with E-state index in [1.807, 2.05) is 0 Å². The molecule has 0 saturated carbocycles. The average molecular weight is 391 g/mol. The van der Waals surface area contributed by atoms with E-state index in [1.165, 1.54) is 12.1 Å². The summed E-state index contributed by atoms with van der Waals surface area (Å²) in [5.41, 5.74) is 0.714.